The molecule has 0 bridgehead atoms. The molecule has 2 aromatic carbocycles. The maximum Gasteiger partial charge on any atom is 0.233 e. The number of amides is 2. The van der Waals surface area contributed by atoms with Crippen molar-refractivity contribution in [3.05, 3.63) is 69.8 Å². The predicted octanol–water partition coefficient (Wildman–Crippen LogP) is 2.94. The van der Waals surface area contributed by atoms with E-state index in [2.05, 4.69) is 21.2 Å². The smallest absolute Gasteiger partial charge is 0.233 e. The number of rotatable bonds is 3. The Morgan fingerprint density at radius 3 is 2.62 bits per heavy atom. The van der Waals surface area contributed by atoms with E-state index in [0.717, 1.165) is 11.1 Å². The number of carbonyl (C=O) groups is 3. The van der Waals surface area contributed by atoms with E-state index in [1.807, 2.05) is 41.4 Å². The molecular formula is C22H17BrN2O4. The van der Waals surface area contributed by atoms with Crippen molar-refractivity contribution in [2.45, 2.75) is 12.1 Å². The van der Waals surface area contributed by atoms with Crippen LogP contribution in [0.1, 0.15) is 27.5 Å². The zero-order chi connectivity index (χ0) is 20.3. The second-order valence-electron chi connectivity index (χ2n) is 7.40. The molecule has 0 unspecified atom stereocenters. The second-order valence-corrected chi connectivity index (χ2v) is 8.25. The molecule has 0 aromatic heterocycles. The quantitative estimate of drug-likeness (QED) is 0.572. The van der Waals surface area contributed by atoms with Crippen molar-refractivity contribution >= 4 is 39.6 Å². The van der Waals surface area contributed by atoms with Crippen LogP contribution < -0.4 is 10.1 Å². The molecule has 0 aliphatic carbocycles. The Morgan fingerprint density at radius 1 is 1.10 bits per heavy atom. The number of hydrogen-bond acceptors (Lipinski definition) is 5. The molecule has 4 atom stereocenters. The van der Waals surface area contributed by atoms with E-state index in [1.165, 1.54) is 0 Å². The molecule has 3 heterocycles. The van der Waals surface area contributed by atoms with Gasteiger partial charge in [-0.3, -0.25) is 19.7 Å². The lowest BCUT2D eigenvalue weighted by Crippen LogP contribution is -2.42. The van der Waals surface area contributed by atoms with Crippen LogP contribution in [0, 0.1) is 11.8 Å². The first kappa shape index (κ1) is 18.1. The summed E-state index contributed by atoms with van der Waals surface area (Å²) in [5.41, 5.74) is 2.42. The summed E-state index contributed by atoms with van der Waals surface area (Å²) in [4.78, 5) is 40.7. The van der Waals surface area contributed by atoms with E-state index in [-0.39, 0.29) is 23.6 Å². The first-order valence-electron chi connectivity index (χ1n) is 9.28. The fourth-order valence-electron chi connectivity index (χ4n) is 4.76. The van der Waals surface area contributed by atoms with Crippen molar-refractivity contribution in [2.24, 2.45) is 11.8 Å². The van der Waals surface area contributed by atoms with Crippen LogP contribution in [0.5, 0.6) is 5.75 Å². The number of nitrogens with one attached hydrogen (secondary N) is 1. The lowest BCUT2D eigenvalue weighted by Gasteiger charge is -2.34. The highest BCUT2D eigenvalue weighted by atomic mass is 79.9. The van der Waals surface area contributed by atoms with Gasteiger partial charge in [-0.1, -0.05) is 24.3 Å². The first-order chi connectivity index (χ1) is 14.0. The van der Waals surface area contributed by atoms with E-state index in [1.54, 1.807) is 25.3 Å². The number of halogens is 1. The summed E-state index contributed by atoms with van der Waals surface area (Å²) in [6.07, 6.45) is 3.77. The van der Waals surface area contributed by atoms with Crippen LogP contribution in [0.4, 0.5) is 0 Å². The van der Waals surface area contributed by atoms with Crippen LogP contribution in [-0.4, -0.2) is 35.6 Å². The molecular weight excluding hydrogens is 436 g/mol. The van der Waals surface area contributed by atoms with Crippen molar-refractivity contribution in [1.82, 2.24) is 10.2 Å². The Morgan fingerprint density at radius 2 is 1.86 bits per heavy atom. The molecule has 146 valence electrons. The molecule has 6 nitrogen and oxygen atoms in total. The summed E-state index contributed by atoms with van der Waals surface area (Å²) in [6, 6.07) is 11.8. The number of ketones is 1. The third-order valence-corrected chi connectivity index (χ3v) is 6.63. The lowest BCUT2D eigenvalue weighted by molar-refractivity contribution is -0.127. The van der Waals surface area contributed by atoms with Gasteiger partial charge in [0.1, 0.15) is 11.8 Å². The van der Waals surface area contributed by atoms with Crippen LogP contribution in [0.2, 0.25) is 0 Å². The summed E-state index contributed by atoms with van der Waals surface area (Å²) in [6.45, 7) is 0. The average molecular weight is 453 g/mol. The molecule has 0 spiro atoms. The van der Waals surface area contributed by atoms with Gasteiger partial charge < -0.3 is 9.64 Å². The third kappa shape index (κ3) is 2.57. The fraction of sp³-hybridized carbons (Fsp3) is 0.227. The molecule has 7 heteroatoms. The van der Waals surface area contributed by atoms with Gasteiger partial charge in [-0.2, -0.15) is 0 Å². The maximum absolute atomic E-state index is 13.5. The number of methoxy groups -OCH3 is 1. The van der Waals surface area contributed by atoms with Crippen molar-refractivity contribution in [1.29, 1.82) is 0 Å². The van der Waals surface area contributed by atoms with Crippen molar-refractivity contribution in [2.75, 3.05) is 7.11 Å². The van der Waals surface area contributed by atoms with Gasteiger partial charge in [0.25, 0.3) is 0 Å². The SMILES string of the molecule is COc1ccc(C(=O)[C@H]2[C@H]3C(=O)NC(=O)[C@H]3[C@@H]3c4ccccc4C=CN23)cc1Br. The molecule has 29 heavy (non-hydrogen) atoms. The van der Waals surface area contributed by atoms with Crippen molar-refractivity contribution in [3.63, 3.8) is 0 Å². The second kappa shape index (κ2) is 6.56. The van der Waals surface area contributed by atoms with Gasteiger partial charge in [-0.05, 0) is 51.3 Å². The molecule has 3 aliphatic heterocycles. The Balaban J connectivity index is 1.62. The van der Waals surface area contributed by atoms with Gasteiger partial charge in [0.05, 0.1) is 29.5 Å². The molecule has 1 N–H and O–H groups in total. The number of nitrogens with zero attached hydrogens (tertiary/aromatic N) is 1. The van der Waals surface area contributed by atoms with Gasteiger partial charge in [0.2, 0.25) is 11.8 Å². The highest BCUT2D eigenvalue weighted by Crippen LogP contribution is 2.51. The van der Waals surface area contributed by atoms with Crippen LogP contribution in [0.3, 0.4) is 0 Å². The number of benzene rings is 2. The van der Waals surface area contributed by atoms with E-state index >= 15 is 0 Å². The Bertz CT molecular complexity index is 1100. The number of fused-ring (bicyclic) bond motifs is 5. The molecule has 0 radical (unpaired) electrons. The minimum Gasteiger partial charge on any atom is -0.496 e. The molecule has 2 amide bonds. The Kier molecular flexibility index (Phi) is 4.10. The molecule has 2 aromatic rings. The fourth-order valence-corrected chi connectivity index (χ4v) is 5.31. The van der Waals surface area contributed by atoms with Crippen molar-refractivity contribution < 1.29 is 19.1 Å². The van der Waals surface area contributed by atoms with E-state index < -0.39 is 17.9 Å². The molecule has 0 saturated carbocycles. The van der Waals surface area contributed by atoms with Gasteiger partial charge in [-0.15, -0.1) is 0 Å². The molecule has 5 rings (SSSR count). The van der Waals surface area contributed by atoms with Crippen LogP contribution in [0.15, 0.2) is 53.1 Å². The highest BCUT2D eigenvalue weighted by molar-refractivity contribution is 9.10. The van der Waals surface area contributed by atoms with Gasteiger partial charge in [0.15, 0.2) is 5.78 Å². The normalized spacial score (nSPS) is 26.6. The highest BCUT2D eigenvalue weighted by Gasteiger charge is 2.61. The monoisotopic (exact) mass is 452 g/mol. The van der Waals surface area contributed by atoms with E-state index in [4.69, 9.17) is 4.74 Å². The Hall–Kier alpha value is -2.93. The summed E-state index contributed by atoms with van der Waals surface area (Å²) < 4.78 is 5.90. The summed E-state index contributed by atoms with van der Waals surface area (Å²) in [5, 5.41) is 2.44. The number of ether oxygens (including phenoxy) is 1. The van der Waals surface area contributed by atoms with E-state index in [0.29, 0.717) is 15.8 Å². The summed E-state index contributed by atoms with van der Waals surface area (Å²) >= 11 is 3.41. The number of imide groups is 1. The largest absolute Gasteiger partial charge is 0.496 e. The van der Waals surface area contributed by atoms with Gasteiger partial charge in [0, 0.05) is 11.8 Å². The topological polar surface area (TPSA) is 75.7 Å². The van der Waals surface area contributed by atoms with Crippen LogP contribution >= 0.6 is 15.9 Å². The zero-order valence-corrected chi connectivity index (χ0v) is 17.0. The summed E-state index contributed by atoms with van der Waals surface area (Å²) in [7, 11) is 1.55. The first-order valence-corrected chi connectivity index (χ1v) is 10.1. The average Bonchev–Trinajstić information content (AvgIpc) is 3.22. The summed E-state index contributed by atoms with van der Waals surface area (Å²) in [5.74, 6) is -1.59. The number of Topliss-reactive ketones (excluding diaryl/α,β-unsaturated/α-hetero) is 1. The molecule has 2 fully saturated rings. The van der Waals surface area contributed by atoms with E-state index in [9.17, 15) is 14.4 Å². The van der Waals surface area contributed by atoms with Gasteiger partial charge >= 0.3 is 0 Å². The zero-order valence-electron chi connectivity index (χ0n) is 15.5. The minimum atomic E-state index is -0.749. The molecule has 2 saturated heterocycles. The van der Waals surface area contributed by atoms with Crippen LogP contribution in [0.25, 0.3) is 6.08 Å². The predicted molar refractivity (Wildman–Crippen MR) is 109 cm³/mol. The number of carbonyl (C=O) groups excluding carboxylic acids is 3. The standard InChI is InChI=1S/C22H17BrN2O4/c1-29-15-7-6-12(10-14(15)23)20(26)19-17-16(21(27)24-22(17)28)18-13-5-3-2-4-11(13)8-9-25(18)19/h2-10,16-19H,1H3,(H,24,27,28)/t16-,17+,18+,19-/m1/s1. The van der Waals surface area contributed by atoms with Crippen molar-refractivity contribution in [3.8, 4) is 5.75 Å². The Labute approximate surface area is 175 Å². The van der Waals surface area contributed by atoms with Gasteiger partial charge in [-0.25, -0.2) is 0 Å². The third-order valence-electron chi connectivity index (χ3n) is 6.01. The minimum absolute atomic E-state index is 0.195. The van der Waals surface area contributed by atoms with Crippen LogP contribution in [-0.2, 0) is 9.59 Å². The lowest BCUT2D eigenvalue weighted by atomic mass is 9.83. The molecule has 3 aliphatic rings. The number of hydrogen-bond donors (Lipinski definition) is 1. The maximum atomic E-state index is 13.5.